The van der Waals surface area contributed by atoms with E-state index in [0.717, 1.165) is 31.0 Å². The van der Waals surface area contributed by atoms with E-state index in [0.29, 0.717) is 6.54 Å². The number of urea groups is 1. The van der Waals surface area contributed by atoms with Crippen molar-refractivity contribution in [3.05, 3.63) is 59.9 Å². The van der Waals surface area contributed by atoms with Crippen LogP contribution >= 0.6 is 0 Å². The number of nitrogens with one attached hydrogen (secondary N) is 1. The average Bonchev–Trinajstić information content (AvgIpc) is 2.86. The third kappa shape index (κ3) is 3.12. The van der Waals surface area contributed by atoms with E-state index in [4.69, 9.17) is 0 Å². The molecule has 0 aliphatic carbocycles. The van der Waals surface area contributed by atoms with Gasteiger partial charge in [-0.3, -0.25) is 14.8 Å². The Hall–Kier alpha value is -2.40. The highest BCUT2D eigenvalue weighted by atomic mass is 16.2. The van der Waals surface area contributed by atoms with Crippen molar-refractivity contribution in [1.29, 1.82) is 0 Å². The summed E-state index contributed by atoms with van der Waals surface area (Å²) in [6, 6.07) is 14.5. The molecule has 1 aromatic heterocycles. The maximum absolute atomic E-state index is 12.7. The van der Waals surface area contributed by atoms with E-state index in [1.807, 2.05) is 23.1 Å². The van der Waals surface area contributed by atoms with E-state index in [2.05, 4.69) is 53.3 Å². The number of amides is 2. The van der Waals surface area contributed by atoms with Crippen LogP contribution in [0.15, 0.2) is 48.7 Å². The number of benzene rings is 1. The van der Waals surface area contributed by atoms with E-state index in [1.54, 1.807) is 6.20 Å². The smallest absolute Gasteiger partial charge is 0.322 e. The highest BCUT2D eigenvalue weighted by Crippen LogP contribution is 2.38. The number of likely N-dealkylation sites (tertiary alicyclic amines) is 1. The number of anilines is 1. The zero-order chi connectivity index (χ0) is 17.4. The summed E-state index contributed by atoms with van der Waals surface area (Å²) in [6.07, 6.45) is 1.80. The van der Waals surface area contributed by atoms with Crippen LogP contribution in [0, 0.1) is 0 Å². The molecule has 1 saturated heterocycles. The quantitative estimate of drug-likeness (QED) is 0.938. The van der Waals surface area contributed by atoms with E-state index >= 15 is 0 Å². The largest absolute Gasteiger partial charge is 0.332 e. The zero-order valence-corrected chi connectivity index (χ0v) is 14.8. The van der Waals surface area contributed by atoms with Crippen molar-refractivity contribution in [2.75, 3.05) is 24.5 Å². The second-order valence-electron chi connectivity index (χ2n) is 7.67. The van der Waals surface area contributed by atoms with Crippen LogP contribution in [-0.2, 0) is 12.0 Å². The van der Waals surface area contributed by atoms with Crippen molar-refractivity contribution in [1.82, 2.24) is 15.2 Å². The molecule has 5 heteroatoms. The van der Waals surface area contributed by atoms with E-state index in [-0.39, 0.29) is 17.5 Å². The van der Waals surface area contributed by atoms with Gasteiger partial charge in [-0.05, 0) is 17.7 Å². The predicted molar refractivity (Wildman–Crippen MR) is 98.6 cm³/mol. The van der Waals surface area contributed by atoms with Crippen molar-refractivity contribution in [2.45, 2.75) is 31.8 Å². The normalized spacial score (nSPS) is 19.4. The molecule has 0 bridgehead atoms. The van der Waals surface area contributed by atoms with Gasteiger partial charge in [0, 0.05) is 37.8 Å². The van der Waals surface area contributed by atoms with Crippen molar-refractivity contribution in [2.24, 2.45) is 0 Å². The van der Waals surface area contributed by atoms with Crippen molar-refractivity contribution in [3.63, 3.8) is 0 Å². The fraction of sp³-hybridized carbons (Fsp3) is 0.400. The molecule has 0 spiro atoms. The fourth-order valence-corrected chi connectivity index (χ4v) is 3.76. The van der Waals surface area contributed by atoms with Gasteiger partial charge in [0.1, 0.15) is 0 Å². The standard InChI is InChI=1S/C20H24N4O/c1-20(2)14-24(17-9-6-10-21-18(17)20)19(25)22-16-12-23(13-16)11-15-7-4-3-5-8-15/h3-10,16H,11-14H2,1-2H3,(H,22,25). The minimum absolute atomic E-state index is 0.0100. The average molecular weight is 336 g/mol. The second kappa shape index (κ2) is 6.15. The number of carbonyl (C=O) groups is 1. The molecule has 3 heterocycles. The third-order valence-corrected chi connectivity index (χ3v) is 5.05. The Morgan fingerprint density at radius 1 is 1.20 bits per heavy atom. The lowest BCUT2D eigenvalue weighted by molar-refractivity contribution is 0.123. The number of aromatic nitrogens is 1. The first-order valence-corrected chi connectivity index (χ1v) is 8.83. The lowest BCUT2D eigenvalue weighted by Gasteiger charge is -2.40. The Bertz CT molecular complexity index is 768. The van der Waals surface area contributed by atoms with Crippen LogP contribution in [0.25, 0.3) is 0 Å². The monoisotopic (exact) mass is 336 g/mol. The molecule has 2 aliphatic heterocycles. The van der Waals surface area contributed by atoms with Gasteiger partial charge in [0.25, 0.3) is 0 Å². The molecule has 5 nitrogen and oxygen atoms in total. The van der Waals surface area contributed by atoms with Crippen LogP contribution in [0.5, 0.6) is 0 Å². The molecule has 0 unspecified atom stereocenters. The predicted octanol–water partition coefficient (Wildman–Crippen LogP) is 2.77. The Morgan fingerprint density at radius 3 is 2.72 bits per heavy atom. The topological polar surface area (TPSA) is 48.5 Å². The molecule has 2 aliphatic rings. The summed E-state index contributed by atoms with van der Waals surface area (Å²) in [5.74, 6) is 0. The number of nitrogens with zero attached hydrogens (tertiary/aromatic N) is 3. The number of hydrogen-bond acceptors (Lipinski definition) is 3. The van der Waals surface area contributed by atoms with Gasteiger partial charge in [-0.25, -0.2) is 4.79 Å². The van der Waals surface area contributed by atoms with Crippen molar-refractivity contribution >= 4 is 11.7 Å². The van der Waals surface area contributed by atoms with E-state index in [1.165, 1.54) is 5.56 Å². The third-order valence-electron chi connectivity index (χ3n) is 5.05. The number of fused-ring (bicyclic) bond motifs is 1. The highest BCUT2D eigenvalue weighted by molar-refractivity contribution is 5.94. The van der Waals surface area contributed by atoms with Gasteiger partial charge in [0.05, 0.1) is 17.4 Å². The molecule has 25 heavy (non-hydrogen) atoms. The van der Waals surface area contributed by atoms with Gasteiger partial charge in [0.2, 0.25) is 0 Å². The van der Waals surface area contributed by atoms with Crippen LogP contribution in [0.3, 0.4) is 0 Å². The molecular formula is C20H24N4O. The summed E-state index contributed by atoms with van der Waals surface area (Å²) >= 11 is 0. The van der Waals surface area contributed by atoms with Gasteiger partial charge in [-0.2, -0.15) is 0 Å². The van der Waals surface area contributed by atoms with E-state index in [9.17, 15) is 4.79 Å². The van der Waals surface area contributed by atoms with Gasteiger partial charge < -0.3 is 5.32 Å². The minimum Gasteiger partial charge on any atom is -0.332 e. The molecule has 1 aromatic carbocycles. The summed E-state index contributed by atoms with van der Waals surface area (Å²) in [6.45, 7) is 7.69. The van der Waals surface area contributed by atoms with Crippen LogP contribution in [0.4, 0.5) is 10.5 Å². The molecule has 1 N–H and O–H groups in total. The summed E-state index contributed by atoms with van der Waals surface area (Å²) in [5.41, 5.74) is 3.15. The lowest BCUT2D eigenvalue weighted by atomic mass is 9.91. The Balaban J connectivity index is 1.34. The Morgan fingerprint density at radius 2 is 1.96 bits per heavy atom. The van der Waals surface area contributed by atoms with E-state index < -0.39 is 0 Å². The molecule has 4 rings (SSSR count). The van der Waals surface area contributed by atoms with Crippen LogP contribution in [-0.4, -0.2) is 41.6 Å². The van der Waals surface area contributed by atoms with Gasteiger partial charge in [-0.15, -0.1) is 0 Å². The molecule has 2 aromatic rings. The zero-order valence-electron chi connectivity index (χ0n) is 14.8. The summed E-state index contributed by atoms with van der Waals surface area (Å²) in [7, 11) is 0. The summed E-state index contributed by atoms with van der Waals surface area (Å²) < 4.78 is 0. The Kier molecular flexibility index (Phi) is 3.96. The maximum Gasteiger partial charge on any atom is 0.322 e. The minimum atomic E-state index is -0.104. The van der Waals surface area contributed by atoms with Crippen molar-refractivity contribution < 1.29 is 4.79 Å². The number of rotatable bonds is 3. The summed E-state index contributed by atoms with van der Waals surface area (Å²) in [5, 5.41) is 3.17. The number of carbonyl (C=O) groups excluding carboxylic acids is 1. The van der Waals surface area contributed by atoms with Crippen molar-refractivity contribution in [3.8, 4) is 0 Å². The number of pyridine rings is 1. The molecular weight excluding hydrogens is 312 g/mol. The van der Waals surface area contributed by atoms with Crippen LogP contribution < -0.4 is 10.2 Å². The molecule has 0 radical (unpaired) electrons. The molecule has 0 atom stereocenters. The molecule has 130 valence electrons. The van der Waals surface area contributed by atoms with Gasteiger partial charge >= 0.3 is 6.03 Å². The fourth-order valence-electron chi connectivity index (χ4n) is 3.76. The van der Waals surface area contributed by atoms with Crippen LogP contribution in [0.2, 0.25) is 0 Å². The molecule has 2 amide bonds. The van der Waals surface area contributed by atoms with Crippen LogP contribution in [0.1, 0.15) is 25.1 Å². The van der Waals surface area contributed by atoms with Gasteiger partial charge in [0.15, 0.2) is 0 Å². The first kappa shape index (κ1) is 16.1. The first-order chi connectivity index (χ1) is 12.0. The second-order valence-corrected chi connectivity index (χ2v) is 7.67. The SMILES string of the molecule is CC1(C)CN(C(=O)NC2CN(Cc3ccccc3)C2)c2cccnc21. The first-order valence-electron chi connectivity index (χ1n) is 8.83. The Labute approximate surface area is 148 Å². The lowest BCUT2D eigenvalue weighted by Crippen LogP contribution is -2.60. The molecule has 0 saturated carbocycles. The highest BCUT2D eigenvalue weighted by Gasteiger charge is 2.40. The van der Waals surface area contributed by atoms with Gasteiger partial charge in [-0.1, -0.05) is 44.2 Å². The maximum atomic E-state index is 12.7. The number of hydrogen-bond donors (Lipinski definition) is 1. The summed E-state index contributed by atoms with van der Waals surface area (Å²) in [4.78, 5) is 21.4. The molecule has 1 fully saturated rings.